The average Bonchev–Trinajstić information content (AvgIpc) is 3.32. The van der Waals surface area contributed by atoms with Gasteiger partial charge in [-0.25, -0.2) is 9.78 Å². The zero-order valence-corrected chi connectivity index (χ0v) is 20.7. The Hall–Kier alpha value is -3.97. The lowest BCUT2D eigenvalue weighted by Crippen LogP contribution is -2.23. The average molecular weight is 487 g/mol. The van der Waals surface area contributed by atoms with E-state index >= 15 is 0 Å². The molecule has 0 atom stereocenters. The highest BCUT2D eigenvalue weighted by molar-refractivity contribution is 7.14. The molecule has 0 saturated carbocycles. The smallest absolute Gasteiger partial charge is 0.342 e. The van der Waals surface area contributed by atoms with Gasteiger partial charge in [-0.2, -0.15) is 0 Å². The van der Waals surface area contributed by atoms with Crippen molar-refractivity contribution < 1.29 is 19.1 Å². The molecule has 0 N–H and O–H groups in total. The molecule has 7 heteroatoms. The molecule has 0 aliphatic heterocycles. The second-order valence-corrected chi connectivity index (χ2v) is 8.95. The number of amides is 1. The minimum atomic E-state index is -0.499. The van der Waals surface area contributed by atoms with Gasteiger partial charge in [-0.15, -0.1) is 11.3 Å². The maximum Gasteiger partial charge on any atom is 0.342 e. The van der Waals surface area contributed by atoms with Crippen LogP contribution in [0.25, 0.3) is 0 Å². The van der Waals surface area contributed by atoms with Gasteiger partial charge < -0.3 is 9.47 Å². The van der Waals surface area contributed by atoms with Crippen molar-refractivity contribution in [1.29, 1.82) is 0 Å². The monoisotopic (exact) mass is 486 g/mol. The highest BCUT2D eigenvalue weighted by atomic mass is 32.1. The van der Waals surface area contributed by atoms with Gasteiger partial charge in [-0.05, 0) is 43.2 Å². The third-order valence-electron chi connectivity index (χ3n) is 5.33. The highest BCUT2D eigenvalue weighted by Gasteiger charge is 2.21. The van der Waals surface area contributed by atoms with Crippen LogP contribution >= 0.6 is 11.3 Å². The molecule has 6 nitrogen and oxygen atoms in total. The molecule has 0 saturated heterocycles. The Balaban J connectivity index is 1.44. The van der Waals surface area contributed by atoms with Gasteiger partial charge in [0.25, 0.3) is 0 Å². The van der Waals surface area contributed by atoms with Crippen molar-refractivity contribution in [3.05, 3.63) is 106 Å². The summed E-state index contributed by atoms with van der Waals surface area (Å²) in [5, 5.41) is 2.32. The fourth-order valence-corrected chi connectivity index (χ4v) is 4.51. The first kappa shape index (κ1) is 24.2. The topological polar surface area (TPSA) is 68.7 Å². The van der Waals surface area contributed by atoms with Gasteiger partial charge in [0.15, 0.2) is 5.13 Å². The second-order valence-electron chi connectivity index (χ2n) is 8.11. The molecule has 0 spiro atoms. The lowest BCUT2D eigenvalue weighted by atomic mass is 10.1. The molecule has 178 valence electrons. The van der Waals surface area contributed by atoms with E-state index in [1.807, 2.05) is 68.4 Å². The van der Waals surface area contributed by atoms with E-state index in [-0.39, 0.29) is 12.5 Å². The van der Waals surface area contributed by atoms with Crippen molar-refractivity contribution in [3.63, 3.8) is 0 Å². The lowest BCUT2D eigenvalue weighted by Gasteiger charge is -2.20. The van der Waals surface area contributed by atoms with E-state index in [1.54, 1.807) is 28.5 Å². The van der Waals surface area contributed by atoms with Gasteiger partial charge in [0.1, 0.15) is 24.5 Å². The lowest BCUT2D eigenvalue weighted by molar-refractivity contribution is -0.115. The summed E-state index contributed by atoms with van der Waals surface area (Å²) in [4.78, 5) is 31.4. The third-order valence-corrected chi connectivity index (χ3v) is 6.21. The molecule has 1 amide bonds. The maximum atomic E-state index is 12.8. The molecule has 4 rings (SSSR count). The van der Waals surface area contributed by atoms with Gasteiger partial charge >= 0.3 is 5.97 Å². The number of aromatic nitrogens is 1. The number of hydrogen-bond donors (Lipinski definition) is 0. The van der Waals surface area contributed by atoms with Gasteiger partial charge in [0, 0.05) is 12.3 Å². The van der Waals surface area contributed by atoms with E-state index in [0.29, 0.717) is 28.7 Å². The predicted octanol–water partition coefficient (Wildman–Crippen LogP) is 6.38. The molecule has 0 aliphatic rings. The normalized spacial score (nSPS) is 10.6. The van der Waals surface area contributed by atoms with E-state index in [9.17, 15) is 9.59 Å². The number of carbonyl (C=O) groups is 2. The predicted molar refractivity (Wildman–Crippen MR) is 137 cm³/mol. The first-order chi connectivity index (χ1) is 16.9. The zero-order valence-electron chi connectivity index (χ0n) is 19.9. The van der Waals surface area contributed by atoms with E-state index in [2.05, 4.69) is 4.98 Å². The number of esters is 1. The minimum Gasteiger partial charge on any atom is -0.488 e. The molecule has 4 aromatic rings. The maximum absolute atomic E-state index is 12.8. The standard InChI is InChI=1S/C28H26N2O4S/c1-19-13-14-25(20(2)15-19)30(21(3)31)28-29-23(18-35-28)17-34-27(32)24-11-7-8-12-26(24)33-16-22-9-5-4-6-10-22/h4-15,18H,16-17H2,1-3H3. The van der Waals surface area contributed by atoms with Crippen molar-refractivity contribution in [1.82, 2.24) is 4.98 Å². The van der Waals surface area contributed by atoms with Gasteiger partial charge in [0.2, 0.25) is 5.91 Å². The third kappa shape index (κ3) is 5.94. The van der Waals surface area contributed by atoms with E-state index < -0.39 is 5.97 Å². The SMILES string of the molecule is CC(=O)N(c1nc(COC(=O)c2ccccc2OCc2ccccc2)cs1)c1ccc(C)cc1C. The summed E-state index contributed by atoms with van der Waals surface area (Å²) in [7, 11) is 0. The molecular weight excluding hydrogens is 460 g/mol. The Morgan fingerprint density at radius 2 is 1.69 bits per heavy atom. The summed E-state index contributed by atoms with van der Waals surface area (Å²) in [5.74, 6) is -0.182. The summed E-state index contributed by atoms with van der Waals surface area (Å²) in [5.41, 5.74) is 4.80. The van der Waals surface area contributed by atoms with Crippen LogP contribution in [0, 0.1) is 13.8 Å². The van der Waals surface area contributed by atoms with Crippen molar-refractivity contribution in [2.24, 2.45) is 0 Å². The van der Waals surface area contributed by atoms with Crippen LogP contribution in [0.4, 0.5) is 10.8 Å². The Morgan fingerprint density at radius 3 is 2.43 bits per heavy atom. The number of anilines is 2. The molecule has 1 aromatic heterocycles. The number of thiazole rings is 1. The largest absolute Gasteiger partial charge is 0.488 e. The summed E-state index contributed by atoms with van der Waals surface area (Å²) < 4.78 is 11.4. The Kier molecular flexibility index (Phi) is 7.57. The number of rotatable bonds is 8. The van der Waals surface area contributed by atoms with E-state index in [1.165, 1.54) is 18.3 Å². The van der Waals surface area contributed by atoms with Crippen molar-refractivity contribution in [3.8, 4) is 5.75 Å². The molecule has 0 radical (unpaired) electrons. The molecule has 35 heavy (non-hydrogen) atoms. The number of nitrogens with zero attached hydrogens (tertiary/aromatic N) is 2. The molecule has 0 fully saturated rings. The molecule has 1 heterocycles. The quantitative estimate of drug-likeness (QED) is 0.270. The molecule has 0 unspecified atom stereocenters. The highest BCUT2D eigenvalue weighted by Crippen LogP contribution is 2.32. The van der Waals surface area contributed by atoms with Gasteiger partial charge in [-0.3, -0.25) is 9.69 Å². The molecule has 0 bridgehead atoms. The number of aryl methyl sites for hydroxylation is 2. The zero-order chi connectivity index (χ0) is 24.8. The number of benzene rings is 3. The minimum absolute atomic E-state index is 0.0129. The number of para-hydroxylation sites is 1. The summed E-state index contributed by atoms with van der Waals surface area (Å²) in [6, 6.07) is 22.6. The molecular formula is C28H26N2O4S. The fourth-order valence-electron chi connectivity index (χ4n) is 3.64. The van der Waals surface area contributed by atoms with Gasteiger partial charge in [0.05, 0.1) is 11.4 Å². The van der Waals surface area contributed by atoms with Crippen LogP contribution in [0.5, 0.6) is 5.75 Å². The van der Waals surface area contributed by atoms with Crippen molar-refractivity contribution in [2.45, 2.75) is 34.0 Å². The second kappa shape index (κ2) is 11.0. The van der Waals surface area contributed by atoms with E-state index in [0.717, 1.165) is 22.4 Å². The Labute approximate surface area is 208 Å². The first-order valence-corrected chi connectivity index (χ1v) is 12.1. The summed E-state index contributed by atoms with van der Waals surface area (Å²) >= 11 is 1.33. The van der Waals surface area contributed by atoms with Crippen LogP contribution < -0.4 is 9.64 Å². The summed E-state index contributed by atoms with van der Waals surface area (Å²) in [6.07, 6.45) is 0. The van der Waals surface area contributed by atoms with Crippen LogP contribution in [0.2, 0.25) is 0 Å². The van der Waals surface area contributed by atoms with Crippen molar-refractivity contribution in [2.75, 3.05) is 4.90 Å². The first-order valence-electron chi connectivity index (χ1n) is 11.2. The molecule has 0 aliphatic carbocycles. The van der Waals surface area contributed by atoms with Crippen LogP contribution in [0.15, 0.2) is 78.2 Å². The van der Waals surface area contributed by atoms with Crippen LogP contribution in [0.3, 0.4) is 0 Å². The van der Waals surface area contributed by atoms with Crippen LogP contribution in [0.1, 0.15) is 39.7 Å². The van der Waals surface area contributed by atoms with Crippen molar-refractivity contribution >= 4 is 34.0 Å². The van der Waals surface area contributed by atoms with Crippen LogP contribution in [-0.2, 0) is 22.7 Å². The summed E-state index contributed by atoms with van der Waals surface area (Å²) in [6.45, 7) is 5.81. The van der Waals surface area contributed by atoms with Crippen LogP contribution in [-0.4, -0.2) is 16.9 Å². The van der Waals surface area contributed by atoms with E-state index in [4.69, 9.17) is 9.47 Å². The number of hydrogen-bond acceptors (Lipinski definition) is 6. The Morgan fingerprint density at radius 1 is 0.943 bits per heavy atom. The number of ether oxygens (including phenoxy) is 2. The fraction of sp³-hybridized carbons (Fsp3) is 0.179. The number of carbonyl (C=O) groups excluding carboxylic acids is 2. The van der Waals surface area contributed by atoms with Gasteiger partial charge in [-0.1, -0.05) is 60.2 Å². The Bertz CT molecular complexity index is 1330. The molecule has 3 aromatic carbocycles.